The molecule has 0 radical (unpaired) electrons. The van der Waals surface area contributed by atoms with Crippen LogP contribution in [0, 0.1) is 0 Å². The van der Waals surface area contributed by atoms with Gasteiger partial charge in [0.1, 0.15) is 6.54 Å². The van der Waals surface area contributed by atoms with Gasteiger partial charge >= 0.3 is 12.1 Å². The van der Waals surface area contributed by atoms with Crippen LogP contribution in [0.15, 0.2) is 27.6 Å². The van der Waals surface area contributed by atoms with E-state index in [1.165, 1.54) is 16.8 Å². The average molecular weight is 370 g/mol. The van der Waals surface area contributed by atoms with Crippen LogP contribution in [-0.2, 0) is 17.5 Å². The van der Waals surface area contributed by atoms with Crippen molar-refractivity contribution in [3.05, 3.63) is 34.6 Å². The highest BCUT2D eigenvalue weighted by Gasteiger charge is 2.38. The quantitative estimate of drug-likeness (QED) is 0.828. The van der Waals surface area contributed by atoms with Gasteiger partial charge in [-0.3, -0.25) is 9.59 Å². The summed E-state index contributed by atoms with van der Waals surface area (Å²) >= 11 is 0. The van der Waals surface area contributed by atoms with Gasteiger partial charge in [0.25, 0.3) is 5.56 Å². The monoisotopic (exact) mass is 370 g/mol. The Labute approximate surface area is 146 Å². The summed E-state index contributed by atoms with van der Waals surface area (Å²) in [7, 11) is 0. The van der Waals surface area contributed by atoms with Crippen LogP contribution in [-0.4, -0.2) is 37.6 Å². The first-order valence-corrected chi connectivity index (χ1v) is 8.00. The van der Waals surface area contributed by atoms with Gasteiger partial charge in [-0.2, -0.15) is 18.2 Å². The lowest BCUT2D eigenvalue weighted by Gasteiger charge is -2.31. The van der Waals surface area contributed by atoms with Crippen molar-refractivity contribution in [3.8, 4) is 11.4 Å². The number of aromatic nitrogens is 3. The van der Waals surface area contributed by atoms with Crippen molar-refractivity contribution < 1.29 is 22.5 Å². The highest BCUT2D eigenvalue weighted by atomic mass is 19.4. The van der Waals surface area contributed by atoms with E-state index in [1.807, 2.05) is 13.8 Å². The van der Waals surface area contributed by atoms with Gasteiger partial charge in [-0.05, 0) is 32.8 Å². The molecular formula is C16H17F3N4O3. The fraction of sp³-hybridized carbons (Fsp3) is 0.500. The van der Waals surface area contributed by atoms with E-state index in [0.29, 0.717) is 6.54 Å². The maximum Gasteiger partial charge on any atom is 0.471 e. The summed E-state index contributed by atoms with van der Waals surface area (Å²) in [6, 6.07) is 2.45. The number of pyridine rings is 1. The molecule has 26 heavy (non-hydrogen) atoms. The van der Waals surface area contributed by atoms with Crippen LogP contribution >= 0.6 is 0 Å². The Bertz CT molecular complexity index is 885. The molecular weight excluding hydrogens is 353 g/mol. The van der Waals surface area contributed by atoms with Crippen LogP contribution in [0.5, 0.6) is 0 Å². The number of alkyl halides is 3. The van der Waals surface area contributed by atoms with Crippen molar-refractivity contribution in [2.75, 3.05) is 6.54 Å². The van der Waals surface area contributed by atoms with Gasteiger partial charge < -0.3 is 14.0 Å². The van der Waals surface area contributed by atoms with Gasteiger partial charge in [-0.25, -0.2) is 0 Å². The standard InChI is InChI=1S/C16H17F3N4O3/c1-15(2)5-3-6-23(15)12(25)9-22-7-4-10(8-11(22)24)13-20-14(26-21-13)16(17,18)19/h4,7-8H,3,5-6,9H2,1-2H3. The lowest BCUT2D eigenvalue weighted by Crippen LogP contribution is -2.45. The smallest absolute Gasteiger partial charge is 0.336 e. The summed E-state index contributed by atoms with van der Waals surface area (Å²) in [4.78, 5) is 29.6. The molecule has 1 saturated heterocycles. The van der Waals surface area contributed by atoms with Crippen molar-refractivity contribution >= 4 is 5.91 Å². The van der Waals surface area contributed by atoms with E-state index >= 15 is 0 Å². The van der Waals surface area contributed by atoms with E-state index in [9.17, 15) is 22.8 Å². The zero-order valence-corrected chi connectivity index (χ0v) is 14.2. The molecule has 0 bridgehead atoms. The number of hydrogen-bond acceptors (Lipinski definition) is 5. The second-order valence-electron chi connectivity index (χ2n) is 6.76. The third kappa shape index (κ3) is 3.49. The molecule has 0 spiro atoms. The number of nitrogens with zero attached hydrogens (tertiary/aromatic N) is 4. The summed E-state index contributed by atoms with van der Waals surface area (Å²) in [5.74, 6) is -2.00. The van der Waals surface area contributed by atoms with Crippen molar-refractivity contribution in [1.82, 2.24) is 19.6 Å². The van der Waals surface area contributed by atoms with Crippen molar-refractivity contribution in [2.45, 2.75) is 44.9 Å². The number of halogens is 3. The van der Waals surface area contributed by atoms with Gasteiger partial charge in [0.15, 0.2) is 0 Å². The highest BCUT2D eigenvalue weighted by molar-refractivity contribution is 5.77. The van der Waals surface area contributed by atoms with E-state index < -0.39 is 17.6 Å². The van der Waals surface area contributed by atoms with Gasteiger partial charge in [-0.1, -0.05) is 5.16 Å². The first-order valence-electron chi connectivity index (χ1n) is 8.00. The van der Waals surface area contributed by atoms with Crippen molar-refractivity contribution in [2.24, 2.45) is 0 Å². The van der Waals surface area contributed by atoms with Crippen LogP contribution in [0.2, 0.25) is 0 Å². The van der Waals surface area contributed by atoms with Gasteiger partial charge in [0.05, 0.1) is 0 Å². The molecule has 10 heteroatoms. The SMILES string of the molecule is CC1(C)CCCN1C(=O)Cn1ccc(-c2noc(C(F)(F)F)n2)cc1=O. The molecule has 1 aliphatic rings. The minimum absolute atomic E-state index is 0.0828. The van der Waals surface area contributed by atoms with E-state index in [1.54, 1.807) is 4.90 Å². The molecule has 1 aliphatic heterocycles. The maximum absolute atomic E-state index is 12.5. The zero-order chi connectivity index (χ0) is 19.1. The molecule has 3 rings (SSSR count). The van der Waals surface area contributed by atoms with E-state index in [4.69, 9.17) is 0 Å². The first-order chi connectivity index (χ1) is 12.1. The molecule has 0 atom stereocenters. The second kappa shape index (κ2) is 6.26. The predicted octanol–water partition coefficient (Wildman–Crippen LogP) is 2.32. The van der Waals surface area contributed by atoms with Crippen LogP contribution in [0.1, 0.15) is 32.6 Å². The molecule has 2 aromatic heterocycles. The Morgan fingerprint density at radius 2 is 2.12 bits per heavy atom. The minimum Gasteiger partial charge on any atom is -0.336 e. The summed E-state index contributed by atoms with van der Waals surface area (Å²) < 4.78 is 42.9. The third-order valence-corrected chi connectivity index (χ3v) is 4.43. The number of amides is 1. The Hall–Kier alpha value is -2.65. The summed E-state index contributed by atoms with van der Waals surface area (Å²) in [5, 5.41) is 3.24. The molecule has 0 unspecified atom stereocenters. The lowest BCUT2D eigenvalue weighted by atomic mass is 10.0. The molecule has 0 N–H and O–H groups in total. The largest absolute Gasteiger partial charge is 0.471 e. The topological polar surface area (TPSA) is 81.2 Å². The van der Waals surface area contributed by atoms with Crippen LogP contribution in [0.25, 0.3) is 11.4 Å². The first kappa shape index (κ1) is 18.2. The fourth-order valence-corrected chi connectivity index (χ4v) is 3.03. The number of carbonyl (C=O) groups excluding carboxylic acids is 1. The van der Waals surface area contributed by atoms with E-state index in [0.717, 1.165) is 18.9 Å². The average Bonchev–Trinajstić information content (AvgIpc) is 3.15. The summed E-state index contributed by atoms with van der Waals surface area (Å²) in [6.07, 6.45) is -1.62. The Balaban J connectivity index is 1.79. The van der Waals surface area contributed by atoms with Gasteiger partial charge in [-0.15, -0.1) is 0 Å². The second-order valence-corrected chi connectivity index (χ2v) is 6.76. The number of carbonyl (C=O) groups is 1. The minimum atomic E-state index is -4.75. The normalized spacial score (nSPS) is 16.9. The van der Waals surface area contributed by atoms with Crippen molar-refractivity contribution in [1.29, 1.82) is 0 Å². The van der Waals surface area contributed by atoms with E-state index in [-0.39, 0.29) is 29.4 Å². The maximum atomic E-state index is 12.5. The molecule has 2 aromatic rings. The lowest BCUT2D eigenvalue weighted by molar-refractivity contribution is -0.159. The molecule has 0 saturated carbocycles. The number of likely N-dealkylation sites (tertiary alicyclic amines) is 1. The van der Waals surface area contributed by atoms with E-state index in [2.05, 4.69) is 14.7 Å². The third-order valence-electron chi connectivity index (χ3n) is 4.43. The molecule has 3 heterocycles. The molecule has 0 aliphatic carbocycles. The number of hydrogen-bond donors (Lipinski definition) is 0. The van der Waals surface area contributed by atoms with Crippen LogP contribution in [0.4, 0.5) is 13.2 Å². The van der Waals surface area contributed by atoms with Gasteiger partial charge in [0, 0.05) is 29.9 Å². The molecule has 0 aromatic carbocycles. The van der Waals surface area contributed by atoms with Crippen molar-refractivity contribution in [3.63, 3.8) is 0 Å². The zero-order valence-electron chi connectivity index (χ0n) is 14.2. The fourth-order valence-electron chi connectivity index (χ4n) is 3.03. The van der Waals surface area contributed by atoms with Crippen LogP contribution < -0.4 is 5.56 Å². The van der Waals surface area contributed by atoms with Gasteiger partial charge in [0.2, 0.25) is 11.7 Å². The Kier molecular flexibility index (Phi) is 4.37. The highest BCUT2D eigenvalue weighted by Crippen LogP contribution is 2.29. The van der Waals surface area contributed by atoms with Crippen LogP contribution in [0.3, 0.4) is 0 Å². The predicted molar refractivity (Wildman–Crippen MR) is 84.0 cm³/mol. The molecule has 1 fully saturated rings. The number of rotatable bonds is 3. The summed E-state index contributed by atoms with van der Waals surface area (Å²) in [5.41, 5.74) is -0.704. The molecule has 1 amide bonds. The molecule has 140 valence electrons. The molecule has 7 nitrogen and oxygen atoms in total. The Morgan fingerprint density at radius 3 is 2.65 bits per heavy atom. The summed E-state index contributed by atoms with van der Waals surface area (Å²) in [6.45, 7) is 4.45. The Morgan fingerprint density at radius 1 is 1.38 bits per heavy atom.